The quantitative estimate of drug-likeness (QED) is 0.502. The fourth-order valence-electron chi connectivity index (χ4n) is 3.82. The SMILES string of the molecule is O=C(C#CCNC(=O)OCC1c2ccccc2-c2ccccc21)Nc1ccc(C(=O)O)c(F)c1. The molecule has 0 bridgehead atoms. The number of ether oxygens (including phenoxy) is 1. The summed E-state index contributed by atoms with van der Waals surface area (Å²) in [6.07, 6.45) is -0.664. The van der Waals surface area contributed by atoms with E-state index in [0.717, 1.165) is 34.4 Å². The summed E-state index contributed by atoms with van der Waals surface area (Å²) in [6.45, 7) is 0.0298. The van der Waals surface area contributed by atoms with Crippen molar-refractivity contribution in [2.24, 2.45) is 0 Å². The van der Waals surface area contributed by atoms with Crippen molar-refractivity contribution in [3.8, 4) is 23.0 Å². The van der Waals surface area contributed by atoms with Crippen LogP contribution in [0, 0.1) is 17.7 Å². The average molecular weight is 458 g/mol. The Morgan fingerprint density at radius 2 is 1.62 bits per heavy atom. The molecule has 0 atom stereocenters. The van der Waals surface area contributed by atoms with E-state index in [0.29, 0.717) is 0 Å². The van der Waals surface area contributed by atoms with Gasteiger partial charge in [-0.25, -0.2) is 14.0 Å². The van der Waals surface area contributed by atoms with E-state index in [1.807, 2.05) is 48.5 Å². The van der Waals surface area contributed by atoms with Gasteiger partial charge in [-0.1, -0.05) is 54.5 Å². The van der Waals surface area contributed by atoms with Gasteiger partial charge in [0, 0.05) is 11.6 Å². The topological polar surface area (TPSA) is 105 Å². The number of hydrogen-bond donors (Lipinski definition) is 3. The standard InChI is InChI=1S/C26H19FN2O5/c27-23-14-16(11-12-21(23)25(31)32)29-24(30)10-5-13-28-26(33)34-15-22-19-8-3-1-6-17(19)18-7-2-4-9-20(18)22/h1-4,6-9,11-12,14,22H,13,15H2,(H,28,33)(H,29,30)(H,31,32). The van der Waals surface area contributed by atoms with E-state index >= 15 is 0 Å². The highest BCUT2D eigenvalue weighted by molar-refractivity contribution is 6.04. The first-order valence-corrected chi connectivity index (χ1v) is 10.4. The van der Waals surface area contributed by atoms with Crippen molar-refractivity contribution < 1.29 is 28.6 Å². The van der Waals surface area contributed by atoms with Gasteiger partial charge in [-0.05, 0) is 46.4 Å². The molecule has 3 aromatic carbocycles. The second-order valence-corrected chi connectivity index (χ2v) is 7.43. The third kappa shape index (κ3) is 4.89. The Morgan fingerprint density at radius 1 is 0.971 bits per heavy atom. The number of carbonyl (C=O) groups excluding carboxylic acids is 2. The Bertz CT molecular complexity index is 1300. The summed E-state index contributed by atoms with van der Waals surface area (Å²) in [5.41, 5.74) is 4.01. The van der Waals surface area contributed by atoms with Gasteiger partial charge in [-0.3, -0.25) is 4.79 Å². The lowest BCUT2D eigenvalue weighted by atomic mass is 9.98. The largest absolute Gasteiger partial charge is 0.478 e. The molecule has 0 spiro atoms. The van der Waals surface area contributed by atoms with Crippen molar-refractivity contribution in [1.82, 2.24) is 5.32 Å². The zero-order valence-electron chi connectivity index (χ0n) is 17.8. The summed E-state index contributed by atoms with van der Waals surface area (Å²) < 4.78 is 19.0. The number of carboxylic acid groups (broad SMARTS) is 1. The van der Waals surface area contributed by atoms with Gasteiger partial charge < -0.3 is 20.5 Å². The van der Waals surface area contributed by atoms with Crippen LogP contribution < -0.4 is 10.6 Å². The maximum atomic E-state index is 13.7. The first kappa shape index (κ1) is 22.6. The van der Waals surface area contributed by atoms with Gasteiger partial charge in [0.25, 0.3) is 5.91 Å². The summed E-state index contributed by atoms with van der Waals surface area (Å²) in [5.74, 6) is 1.55. The van der Waals surface area contributed by atoms with Crippen molar-refractivity contribution in [2.45, 2.75) is 5.92 Å². The van der Waals surface area contributed by atoms with E-state index in [4.69, 9.17) is 9.84 Å². The number of anilines is 1. The monoisotopic (exact) mass is 458 g/mol. The van der Waals surface area contributed by atoms with Gasteiger partial charge in [0.1, 0.15) is 12.4 Å². The Balaban J connectivity index is 1.27. The molecule has 3 aromatic rings. The second-order valence-electron chi connectivity index (χ2n) is 7.43. The van der Waals surface area contributed by atoms with E-state index in [2.05, 4.69) is 22.5 Å². The van der Waals surface area contributed by atoms with Crippen LogP contribution >= 0.6 is 0 Å². The minimum Gasteiger partial charge on any atom is -0.478 e. The normalized spacial score (nSPS) is 11.4. The molecule has 0 fully saturated rings. The first-order chi connectivity index (χ1) is 16.4. The molecule has 1 aliphatic carbocycles. The number of carboxylic acids is 1. The molecule has 3 N–H and O–H groups in total. The van der Waals surface area contributed by atoms with Crippen LogP contribution in [0.3, 0.4) is 0 Å². The summed E-state index contributed by atoms with van der Waals surface area (Å²) in [4.78, 5) is 34.8. The summed E-state index contributed by atoms with van der Waals surface area (Å²) in [6, 6.07) is 19.2. The molecule has 170 valence electrons. The lowest BCUT2D eigenvalue weighted by Crippen LogP contribution is -2.26. The zero-order valence-corrected chi connectivity index (χ0v) is 17.8. The summed E-state index contributed by atoms with van der Waals surface area (Å²) >= 11 is 0. The summed E-state index contributed by atoms with van der Waals surface area (Å²) in [7, 11) is 0. The lowest BCUT2D eigenvalue weighted by molar-refractivity contribution is -0.111. The molecule has 1 aliphatic rings. The molecule has 0 saturated heterocycles. The maximum Gasteiger partial charge on any atom is 0.407 e. The molecular weight excluding hydrogens is 439 g/mol. The molecule has 8 heteroatoms. The lowest BCUT2D eigenvalue weighted by Gasteiger charge is -2.14. The van der Waals surface area contributed by atoms with Crippen LogP contribution in [0.15, 0.2) is 66.7 Å². The van der Waals surface area contributed by atoms with Crippen LogP contribution in [-0.4, -0.2) is 36.2 Å². The Labute approximate surface area is 194 Å². The first-order valence-electron chi connectivity index (χ1n) is 10.4. The predicted molar refractivity (Wildman–Crippen MR) is 123 cm³/mol. The average Bonchev–Trinajstić information content (AvgIpc) is 3.14. The smallest absolute Gasteiger partial charge is 0.407 e. The van der Waals surface area contributed by atoms with Crippen molar-refractivity contribution in [3.63, 3.8) is 0 Å². The molecule has 7 nitrogen and oxygen atoms in total. The highest BCUT2D eigenvalue weighted by Gasteiger charge is 2.28. The fraction of sp³-hybridized carbons (Fsp3) is 0.115. The van der Waals surface area contributed by atoms with E-state index in [1.165, 1.54) is 6.07 Å². The van der Waals surface area contributed by atoms with Crippen LogP contribution in [0.25, 0.3) is 11.1 Å². The van der Waals surface area contributed by atoms with Crippen LogP contribution in [0.5, 0.6) is 0 Å². The molecule has 0 radical (unpaired) electrons. The predicted octanol–water partition coefficient (Wildman–Crippen LogP) is 4.00. The highest BCUT2D eigenvalue weighted by Crippen LogP contribution is 2.44. The third-order valence-electron chi connectivity index (χ3n) is 5.32. The maximum absolute atomic E-state index is 13.7. The molecule has 4 rings (SSSR count). The van der Waals surface area contributed by atoms with Gasteiger partial charge in [0.05, 0.1) is 12.1 Å². The van der Waals surface area contributed by atoms with Crippen molar-refractivity contribution >= 4 is 23.7 Å². The van der Waals surface area contributed by atoms with E-state index < -0.39 is 29.4 Å². The van der Waals surface area contributed by atoms with Gasteiger partial charge in [0.2, 0.25) is 0 Å². The van der Waals surface area contributed by atoms with Crippen molar-refractivity contribution in [3.05, 3.63) is 89.2 Å². The second kappa shape index (κ2) is 9.88. The van der Waals surface area contributed by atoms with Crippen LogP contribution in [0.1, 0.15) is 27.4 Å². The molecule has 0 saturated carbocycles. The van der Waals surface area contributed by atoms with Crippen LogP contribution in [0.4, 0.5) is 14.9 Å². The molecule has 0 aliphatic heterocycles. The van der Waals surface area contributed by atoms with E-state index in [-0.39, 0.29) is 24.8 Å². The molecule has 0 heterocycles. The summed E-state index contributed by atoms with van der Waals surface area (Å²) in [5, 5.41) is 13.6. The molecular formula is C26H19FN2O5. The minimum absolute atomic E-state index is 0.0614. The van der Waals surface area contributed by atoms with Crippen molar-refractivity contribution in [2.75, 3.05) is 18.5 Å². The molecule has 0 aromatic heterocycles. The molecule has 34 heavy (non-hydrogen) atoms. The number of alkyl carbamates (subject to hydrolysis) is 1. The Kier molecular flexibility index (Phi) is 6.55. The van der Waals surface area contributed by atoms with Gasteiger partial charge in [-0.2, -0.15) is 0 Å². The number of carbonyl (C=O) groups is 3. The number of hydrogen-bond acceptors (Lipinski definition) is 4. The Hall–Kier alpha value is -4.64. The number of amides is 2. The minimum atomic E-state index is -1.41. The number of halogens is 1. The van der Waals surface area contributed by atoms with E-state index in [1.54, 1.807) is 0 Å². The highest BCUT2D eigenvalue weighted by atomic mass is 19.1. The van der Waals surface area contributed by atoms with Crippen LogP contribution in [-0.2, 0) is 9.53 Å². The number of nitrogens with one attached hydrogen (secondary N) is 2. The number of fused-ring (bicyclic) bond motifs is 3. The van der Waals surface area contributed by atoms with Gasteiger partial charge in [0.15, 0.2) is 0 Å². The fourth-order valence-corrected chi connectivity index (χ4v) is 3.82. The number of rotatable bonds is 5. The zero-order chi connectivity index (χ0) is 24.1. The molecule has 2 amide bonds. The van der Waals surface area contributed by atoms with Crippen LogP contribution in [0.2, 0.25) is 0 Å². The Morgan fingerprint density at radius 3 is 2.24 bits per heavy atom. The molecule has 0 unspecified atom stereocenters. The number of aromatic carboxylic acids is 1. The number of benzene rings is 3. The van der Waals surface area contributed by atoms with Gasteiger partial charge >= 0.3 is 12.1 Å². The van der Waals surface area contributed by atoms with E-state index in [9.17, 15) is 18.8 Å². The van der Waals surface area contributed by atoms with Gasteiger partial charge in [-0.15, -0.1) is 0 Å². The third-order valence-corrected chi connectivity index (χ3v) is 5.32. The van der Waals surface area contributed by atoms with Crippen molar-refractivity contribution in [1.29, 1.82) is 0 Å².